The van der Waals surface area contributed by atoms with Crippen LogP contribution in [-0.2, 0) is 33.3 Å². The Hall–Kier alpha value is -2.16. The van der Waals surface area contributed by atoms with Gasteiger partial charge < -0.3 is 24.2 Å². The lowest BCUT2D eigenvalue weighted by Crippen LogP contribution is -2.55. The Morgan fingerprint density at radius 1 is 1.19 bits per heavy atom. The molecule has 0 bridgehead atoms. The van der Waals surface area contributed by atoms with Crippen LogP contribution in [0.2, 0.25) is 0 Å². The first kappa shape index (κ1) is 16.9. The molecule has 1 aliphatic rings. The summed E-state index contributed by atoms with van der Waals surface area (Å²) >= 11 is 0. The molecule has 1 fully saturated rings. The molecule has 0 unspecified atom stereocenters. The highest BCUT2D eigenvalue weighted by atomic mass is 16.6. The van der Waals surface area contributed by atoms with Crippen LogP contribution < -0.4 is 0 Å². The lowest BCUT2D eigenvalue weighted by molar-refractivity contribution is -0.182. The first-order valence-corrected chi connectivity index (χ1v) is 6.15. The predicted molar refractivity (Wildman–Crippen MR) is 66.7 cm³/mol. The van der Waals surface area contributed by atoms with E-state index >= 15 is 0 Å². The molecule has 0 aliphatic carbocycles. The van der Waals surface area contributed by atoms with Crippen molar-refractivity contribution in [2.45, 2.75) is 39.1 Å². The Balaban J connectivity index is 2.95. The van der Waals surface area contributed by atoms with E-state index in [4.69, 9.17) is 24.2 Å². The summed E-state index contributed by atoms with van der Waals surface area (Å²) in [6, 6.07) is 0. The van der Waals surface area contributed by atoms with E-state index in [-0.39, 0.29) is 18.9 Å². The van der Waals surface area contributed by atoms with E-state index in [1.807, 2.05) is 0 Å². The predicted octanol–water partition coefficient (Wildman–Crippen LogP) is -0.358. The van der Waals surface area contributed by atoms with Gasteiger partial charge in [-0.1, -0.05) is 5.16 Å². The van der Waals surface area contributed by atoms with Crippen LogP contribution in [0, 0.1) is 0 Å². The second-order valence-corrected chi connectivity index (χ2v) is 4.35. The van der Waals surface area contributed by atoms with Gasteiger partial charge in [-0.25, -0.2) is 0 Å². The van der Waals surface area contributed by atoms with Crippen molar-refractivity contribution in [1.82, 2.24) is 0 Å². The minimum Gasteiger partial charge on any atom is -0.463 e. The number of rotatable bonds is 4. The zero-order valence-electron chi connectivity index (χ0n) is 11.9. The largest absolute Gasteiger partial charge is 0.463 e. The van der Waals surface area contributed by atoms with Gasteiger partial charge in [0.15, 0.2) is 12.2 Å². The smallest absolute Gasteiger partial charge is 0.303 e. The van der Waals surface area contributed by atoms with Crippen molar-refractivity contribution in [3.63, 3.8) is 0 Å². The van der Waals surface area contributed by atoms with Gasteiger partial charge in [-0.05, 0) is 0 Å². The van der Waals surface area contributed by atoms with E-state index in [1.165, 1.54) is 6.92 Å². The Morgan fingerprint density at radius 3 is 2.29 bits per heavy atom. The zero-order valence-corrected chi connectivity index (χ0v) is 11.9. The minimum atomic E-state index is -1.11. The fourth-order valence-corrected chi connectivity index (χ4v) is 1.83. The van der Waals surface area contributed by atoms with Crippen LogP contribution >= 0.6 is 0 Å². The fourth-order valence-electron chi connectivity index (χ4n) is 1.83. The van der Waals surface area contributed by atoms with Gasteiger partial charge in [0.2, 0.25) is 0 Å². The Morgan fingerprint density at radius 2 is 1.81 bits per heavy atom. The van der Waals surface area contributed by atoms with Crippen LogP contribution in [0.1, 0.15) is 20.8 Å². The molecule has 1 aliphatic heterocycles. The second-order valence-electron chi connectivity index (χ2n) is 4.35. The maximum atomic E-state index is 11.2. The molecular formula is C12H17NO8. The van der Waals surface area contributed by atoms with E-state index in [1.54, 1.807) is 0 Å². The number of nitrogens with zero attached hydrogens (tertiary/aromatic N) is 1. The molecule has 1 N–H and O–H groups in total. The van der Waals surface area contributed by atoms with Crippen molar-refractivity contribution in [2.24, 2.45) is 5.16 Å². The zero-order chi connectivity index (χ0) is 16.0. The van der Waals surface area contributed by atoms with Gasteiger partial charge in [0, 0.05) is 20.8 Å². The van der Waals surface area contributed by atoms with E-state index in [9.17, 15) is 14.4 Å². The summed E-state index contributed by atoms with van der Waals surface area (Å²) < 4.78 is 20.2. The highest BCUT2D eigenvalue weighted by Gasteiger charge is 2.44. The molecule has 1 heterocycles. The Kier molecular flexibility index (Phi) is 6.10. The van der Waals surface area contributed by atoms with Crippen LogP contribution in [0.5, 0.6) is 0 Å². The number of carbonyl (C=O) groups is 3. The van der Waals surface area contributed by atoms with Gasteiger partial charge in [0.05, 0.1) is 6.61 Å². The standard InChI is InChI=1S/C12H17NO8/c1-6(14)18-5-10-12(21-8(3)16)11(20-7(2)15)9(13-17)4-19-10/h10-12,17H,4-5H2,1-3H3/t10-,11-,12+/m1/s1. The third-order valence-electron chi connectivity index (χ3n) is 2.61. The maximum Gasteiger partial charge on any atom is 0.303 e. The summed E-state index contributed by atoms with van der Waals surface area (Å²) in [4.78, 5) is 33.2. The molecule has 0 spiro atoms. The van der Waals surface area contributed by atoms with Gasteiger partial charge in [0.25, 0.3) is 0 Å². The number of esters is 3. The highest BCUT2D eigenvalue weighted by Crippen LogP contribution is 2.21. The summed E-state index contributed by atoms with van der Waals surface area (Å²) in [6.07, 6.45) is -3.02. The number of hydrogen-bond acceptors (Lipinski definition) is 9. The molecule has 1 rings (SSSR count). The first-order chi connectivity index (χ1) is 9.85. The summed E-state index contributed by atoms with van der Waals surface area (Å²) in [5.41, 5.74) is -0.00414. The molecule has 0 saturated carbocycles. The third kappa shape index (κ3) is 5.03. The number of hydrogen-bond donors (Lipinski definition) is 1. The molecule has 9 nitrogen and oxygen atoms in total. The monoisotopic (exact) mass is 303 g/mol. The third-order valence-corrected chi connectivity index (χ3v) is 2.61. The average molecular weight is 303 g/mol. The summed E-state index contributed by atoms with van der Waals surface area (Å²) in [5, 5.41) is 11.9. The molecule has 3 atom stereocenters. The van der Waals surface area contributed by atoms with Crippen molar-refractivity contribution >= 4 is 23.6 Å². The summed E-state index contributed by atoms with van der Waals surface area (Å²) in [5.74, 6) is -1.83. The normalized spacial score (nSPS) is 27.0. The SMILES string of the molecule is CC(=O)OC[C@H]1OCC(=NO)[C@@H](OC(C)=O)[C@H]1OC(C)=O. The molecular weight excluding hydrogens is 286 g/mol. The van der Waals surface area contributed by atoms with Gasteiger partial charge in [-0.2, -0.15) is 0 Å². The van der Waals surface area contributed by atoms with Crippen LogP contribution in [0.4, 0.5) is 0 Å². The lowest BCUT2D eigenvalue weighted by Gasteiger charge is -2.36. The molecule has 118 valence electrons. The lowest BCUT2D eigenvalue weighted by atomic mass is 10.0. The van der Waals surface area contributed by atoms with Crippen LogP contribution in [-0.4, -0.2) is 60.4 Å². The molecule has 9 heteroatoms. The van der Waals surface area contributed by atoms with Crippen LogP contribution in [0.25, 0.3) is 0 Å². The molecule has 0 amide bonds. The molecule has 1 saturated heterocycles. The topological polar surface area (TPSA) is 121 Å². The maximum absolute atomic E-state index is 11.2. The second kappa shape index (κ2) is 7.58. The van der Waals surface area contributed by atoms with Crippen molar-refractivity contribution in [1.29, 1.82) is 0 Å². The molecule has 0 aromatic carbocycles. The minimum absolute atomic E-state index is 0.00414. The van der Waals surface area contributed by atoms with Crippen LogP contribution in [0.15, 0.2) is 5.16 Å². The molecule has 21 heavy (non-hydrogen) atoms. The van der Waals surface area contributed by atoms with Gasteiger partial charge in [0.1, 0.15) is 18.4 Å². The number of ether oxygens (including phenoxy) is 4. The van der Waals surface area contributed by atoms with Gasteiger partial charge >= 0.3 is 17.9 Å². The van der Waals surface area contributed by atoms with Crippen molar-refractivity contribution in [3.05, 3.63) is 0 Å². The van der Waals surface area contributed by atoms with Crippen molar-refractivity contribution in [2.75, 3.05) is 13.2 Å². The van der Waals surface area contributed by atoms with E-state index in [2.05, 4.69) is 5.16 Å². The quantitative estimate of drug-likeness (QED) is 0.323. The van der Waals surface area contributed by atoms with Crippen molar-refractivity contribution < 1.29 is 38.5 Å². The molecule has 0 aromatic heterocycles. The number of oxime groups is 1. The summed E-state index contributed by atoms with van der Waals surface area (Å²) in [6.45, 7) is 3.20. The Labute approximate surface area is 120 Å². The first-order valence-electron chi connectivity index (χ1n) is 6.15. The van der Waals surface area contributed by atoms with E-state index in [0.717, 1.165) is 13.8 Å². The van der Waals surface area contributed by atoms with Crippen LogP contribution in [0.3, 0.4) is 0 Å². The number of carbonyl (C=O) groups excluding carboxylic acids is 3. The van der Waals surface area contributed by atoms with E-state index in [0.29, 0.717) is 0 Å². The molecule has 0 aromatic rings. The average Bonchev–Trinajstić information content (AvgIpc) is 2.37. The van der Waals surface area contributed by atoms with Crippen molar-refractivity contribution in [3.8, 4) is 0 Å². The van der Waals surface area contributed by atoms with E-state index < -0.39 is 36.2 Å². The van der Waals surface area contributed by atoms with Gasteiger partial charge in [-0.3, -0.25) is 14.4 Å². The highest BCUT2D eigenvalue weighted by molar-refractivity contribution is 5.92. The molecule has 0 radical (unpaired) electrons. The Bertz CT molecular complexity index is 447. The fraction of sp³-hybridized carbons (Fsp3) is 0.667. The summed E-state index contributed by atoms with van der Waals surface area (Å²) in [7, 11) is 0. The van der Waals surface area contributed by atoms with Gasteiger partial charge in [-0.15, -0.1) is 0 Å².